The van der Waals surface area contributed by atoms with Crippen molar-refractivity contribution in [3.05, 3.63) is 95.2 Å². The summed E-state index contributed by atoms with van der Waals surface area (Å²) in [6.45, 7) is 11.9. The summed E-state index contributed by atoms with van der Waals surface area (Å²) in [6, 6.07) is 22.7. The highest BCUT2D eigenvalue weighted by atomic mass is 19.1. The van der Waals surface area contributed by atoms with Crippen LogP contribution in [0.15, 0.2) is 72.9 Å². The summed E-state index contributed by atoms with van der Waals surface area (Å²) in [7, 11) is 2.03. The summed E-state index contributed by atoms with van der Waals surface area (Å²) in [4.78, 5) is 7.23. The van der Waals surface area contributed by atoms with Gasteiger partial charge in [0.1, 0.15) is 12.0 Å². The summed E-state index contributed by atoms with van der Waals surface area (Å²) < 4.78 is 17.0. The van der Waals surface area contributed by atoms with Gasteiger partial charge in [-0.2, -0.15) is 0 Å². The number of anilines is 2. The normalized spacial score (nSPS) is 12.6. The summed E-state index contributed by atoms with van der Waals surface area (Å²) in [5, 5.41) is 0. The van der Waals surface area contributed by atoms with Crippen LogP contribution >= 0.6 is 0 Å². The first-order chi connectivity index (χ1) is 16.1. The summed E-state index contributed by atoms with van der Waals surface area (Å²) in [5.74, 6) is 1.65. The fourth-order valence-corrected chi connectivity index (χ4v) is 4.68. The van der Waals surface area contributed by atoms with E-state index < -0.39 is 11.6 Å². The molecule has 1 aromatic heterocycles. The molecule has 0 radical (unpaired) electrons. The number of benzene rings is 3. The second kappa shape index (κ2) is 9.09. The minimum atomic E-state index is -1.01. The van der Waals surface area contributed by atoms with Gasteiger partial charge in [0, 0.05) is 23.7 Å². The standard InChI is InChI=1S/C30H34FN3/c1-20-17-21(2)28(22(3)18-20)34-19-27(33(7)24-13-9-8-10-14-24)32-29(34)25-15-11-12-16-26(25)30(5,6)23(4)31/h8-19,23H,1-7H3/t23-/m1/s1. The molecule has 3 aromatic carbocycles. The van der Waals surface area contributed by atoms with Crippen molar-refractivity contribution in [2.45, 2.75) is 53.1 Å². The number of aryl methyl sites for hydroxylation is 3. The molecule has 1 heterocycles. The molecule has 34 heavy (non-hydrogen) atoms. The molecule has 0 unspecified atom stereocenters. The van der Waals surface area contributed by atoms with E-state index in [0.717, 1.165) is 34.1 Å². The van der Waals surface area contributed by atoms with E-state index in [1.807, 2.05) is 57.3 Å². The van der Waals surface area contributed by atoms with E-state index in [-0.39, 0.29) is 0 Å². The van der Waals surface area contributed by atoms with Crippen molar-refractivity contribution in [1.82, 2.24) is 9.55 Å². The minimum absolute atomic E-state index is 0.657. The second-order valence-electron chi connectivity index (χ2n) is 9.82. The van der Waals surface area contributed by atoms with Crippen LogP contribution in [0.3, 0.4) is 0 Å². The molecule has 0 bridgehead atoms. The lowest BCUT2D eigenvalue weighted by Crippen LogP contribution is -2.28. The minimum Gasteiger partial charge on any atom is -0.328 e. The van der Waals surface area contributed by atoms with Crippen LogP contribution in [0.4, 0.5) is 15.9 Å². The molecule has 0 spiro atoms. The van der Waals surface area contributed by atoms with Crippen LogP contribution < -0.4 is 4.90 Å². The van der Waals surface area contributed by atoms with Crippen LogP contribution in [0.25, 0.3) is 17.1 Å². The highest BCUT2D eigenvalue weighted by molar-refractivity contribution is 5.71. The number of hydrogen-bond acceptors (Lipinski definition) is 2. The maximum atomic E-state index is 14.8. The predicted octanol–water partition coefficient (Wildman–Crippen LogP) is 7.87. The molecule has 176 valence electrons. The summed E-state index contributed by atoms with van der Waals surface area (Å²) >= 11 is 0. The van der Waals surface area contributed by atoms with E-state index in [1.54, 1.807) is 6.92 Å². The maximum absolute atomic E-state index is 14.8. The number of alkyl halides is 1. The fourth-order valence-electron chi connectivity index (χ4n) is 4.68. The van der Waals surface area contributed by atoms with Crippen molar-refractivity contribution in [1.29, 1.82) is 0 Å². The van der Waals surface area contributed by atoms with Crippen molar-refractivity contribution in [3.63, 3.8) is 0 Å². The molecule has 4 rings (SSSR count). The molecule has 3 nitrogen and oxygen atoms in total. The second-order valence-corrected chi connectivity index (χ2v) is 9.82. The van der Waals surface area contributed by atoms with Crippen molar-refractivity contribution in [2.75, 3.05) is 11.9 Å². The molecule has 0 aliphatic heterocycles. The predicted molar refractivity (Wildman–Crippen MR) is 141 cm³/mol. The van der Waals surface area contributed by atoms with Gasteiger partial charge in [0.05, 0.1) is 11.9 Å². The lowest BCUT2D eigenvalue weighted by atomic mass is 9.78. The summed E-state index contributed by atoms with van der Waals surface area (Å²) in [5.41, 5.74) is 7.01. The topological polar surface area (TPSA) is 21.1 Å². The SMILES string of the molecule is Cc1cc(C)c(-n2cc(N(C)c3ccccc3)nc2-c2ccccc2C(C)(C)[C@@H](C)F)c(C)c1. The largest absolute Gasteiger partial charge is 0.328 e. The molecule has 0 fully saturated rings. The van der Waals surface area contributed by atoms with Crippen molar-refractivity contribution >= 4 is 11.5 Å². The van der Waals surface area contributed by atoms with Gasteiger partial charge in [-0.1, -0.05) is 74.0 Å². The molecule has 1 atom stereocenters. The van der Waals surface area contributed by atoms with E-state index in [0.29, 0.717) is 0 Å². The lowest BCUT2D eigenvalue weighted by molar-refractivity contribution is 0.237. The number of nitrogens with zero attached hydrogens (tertiary/aromatic N) is 3. The summed E-state index contributed by atoms with van der Waals surface area (Å²) in [6.07, 6.45) is 1.08. The van der Waals surface area contributed by atoms with Gasteiger partial charge < -0.3 is 4.90 Å². The van der Waals surface area contributed by atoms with Gasteiger partial charge >= 0.3 is 0 Å². The van der Waals surface area contributed by atoms with Gasteiger partial charge in [0.2, 0.25) is 0 Å². The van der Waals surface area contributed by atoms with Gasteiger partial charge in [0.25, 0.3) is 0 Å². The zero-order chi connectivity index (χ0) is 24.6. The zero-order valence-electron chi connectivity index (χ0n) is 21.2. The van der Waals surface area contributed by atoms with Crippen molar-refractivity contribution in [2.24, 2.45) is 0 Å². The molecule has 0 N–H and O–H groups in total. The molecular weight excluding hydrogens is 421 g/mol. The van der Waals surface area contributed by atoms with Crippen LogP contribution in [0.1, 0.15) is 43.0 Å². The molecular formula is C30H34FN3. The van der Waals surface area contributed by atoms with Gasteiger partial charge in [-0.3, -0.25) is 4.57 Å². The average Bonchev–Trinajstić information content (AvgIpc) is 3.23. The van der Waals surface area contributed by atoms with E-state index in [9.17, 15) is 4.39 Å². The van der Waals surface area contributed by atoms with Crippen molar-refractivity contribution < 1.29 is 4.39 Å². The monoisotopic (exact) mass is 455 g/mol. The fraction of sp³-hybridized carbons (Fsp3) is 0.300. The first-order valence-electron chi connectivity index (χ1n) is 11.8. The van der Waals surface area contributed by atoms with Gasteiger partial charge in [-0.15, -0.1) is 0 Å². The number of halogens is 1. The quantitative estimate of drug-likeness (QED) is 0.295. The Kier molecular flexibility index (Phi) is 6.35. The smallest absolute Gasteiger partial charge is 0.152 e. The third-order valence-corrected chi connectivity index (χ3v) is 6.91. The van der Waals surface area contributed by atoms with E-state index in [4.69, 9.17) is 4.98 Å². The zero-order valence-corrected chi connectivity index (χ0v) is 21.2. The Labute approximate surface area is 202 Å². The molecule has 4 aromatic rings. The third-order valence-electron chi connectivity index (χ3n) is 6.91. The van der Waals surface area contributed by atoms with Crippen molar-refractivity contribution in [3.8, 4) is 17.1 Å². The average molecular weight is 456 g/mol. The lowest BCUT2D eigenvalue weighted by Gasteiger charge is -2.29. The molecule has 0 amide bonds. The number of hydrogen-bond donors (Lipinski definition) is 0. The Morgan fingerprint density at radius 1 is 0.912 bits per heavy atom. The van der Waals surface area contributed by atoms with E-state index in [2.05, 4.69) is 66.8 Å². The Morgan fingerprint density at radius 2 is 1.50 bits per heavy atom. The number of imidazole rings is 1. The first kappa shape index (κ1) is 23.7. The van der Waals surface area contributed by atoms with Crippen LogP contribution in [-0.4, -0.2) is 22.8 Å². The molecule has 4 heteroatoms. The Bertz CT molecular complexity index is 1280. The Hall–Kier alpha value is -3.40. The van der Waals surface area contributed by atoms with Gasteiger partial charge in [0.15, 0.2) is 5.82 Å². The third kappa shape index (κ3) is 4.25. The molecule has 0 saturated heterocycles. The Morgan fingerprint density at radius 3 is 2.12 bits per heavy atom. The van der Waals surface area contributed by atoms with Crippen LogP contribution in [0.5, 0.6) is 0 Å². The van der Waals surface area contributed by atoms with Crippen LogP contribution in [0, 0.1) is 20.8 Å². The van der Waals surface area contributed by atoms with Crippen LogP contribution in [-0.2, 0) is 5.41 Å². The van der Waals surface area contributed by atoms with Gasteiger partial charge in [-0.25, -0.2) is 9.37 Å². The van der Waals surface area contributed by atoms with Crippen LogP contribution in [0.2, 0.25) is 0 Å². The maximum Gasteiger partial charge on any atom is 0.152 e. The number of para-hydroxylation sites is 1. The van der Waals surface area contributed by atoms with E-state index in [1.165, 1.54) is 16.7 Å². The number of rotatable bonds is 6. The Balaban J connectivity index is 2.00. The highest BCUT2D eigenvalue weighted by Gasteiger charge is 2.32. The van der Waals surface area contributed by atoms with E-state index >= 15 is 0 Å². The molecule has 0 aliphatic carbocycles. The highest BCUT2D eigenvalue weighted by Crippen LogP contribution is 2.39. The molecule has 0 aliphatic rings. The molecule has 0 saturated carbocycles. The number of aromatic nitrogens is 2. The van der Waals surface area contributed by atoms with Gasteiger partial charge in [-0.05, 0) is 56.5 Å². The first-order valence-corrected chi connectivity index (χ1v) is 11.8.